The Morgan fingerprint density at radius 2 is 1.88 bits per heavy atom. The number of primary amides is 1. The number of hydrogen-bond acceptors (Lipinski definition) is 2. The van der Waals surface area contributed by atoms with Crippen molar-refractivity contribution in [3.8, 4) is 0 Å². The van der Waals surface area contributed by atoms with Crippen molar-refractivity contribution in [2.24, 2.45) is 11.1 Å². The minimum absolute atomic E-state index is 0.227. The normalized spacial score (nSPS) is 17.3. The predicted octanol–water partition coefficient (Wildman–Crippen LogP) is 7.02. The van der Waals surface area contributed by atoms with Gasteiger partial charge in [0.15, 0.2) is 0 Å². The van der Waals surface area contributed by atoms with E-state index in [0.717, 1.165) is 15.6 Å². The van der Waals surface area contributed by atoms with Crippen molar-refractivity contribution < 1.29 is 9.59 Å². The third kappa shape index (κ3) is 7.49. The van der Waals surface area contributed by atoms with Crippen LogP contribution >= 0.6 is 15.9 Å². The van der Waals surface area contributed by atoms with Gasteiger partial charge in [0.25, 0.3) is 5.91 Å². The zero-order chi connectivity index (χ0) is 23.9. The molecule has 0 unspecified atom stereocenters. The van der Waals surface area contributed by atoms with E-state index in [9.17, 15) is 9.59 Å². The van der Waals surface area contributed by atoms with Gasteiger partial charge in [-0.05, 0) is 74.8 Å². The number of carbonyl (C=O) groups excluding carboxylic acids is 2. The Hall–Kier alpha value is -2.66. The molecule has 0 aliphatic heterocycles. The summed E-state index contributed by atoms with van der Waals surface area (Å²) < 4.78 is 0.745. The Labute approximate surface area is 200 Å². The number of nitrogens with two attached hydrogens (primary N) is 1. The van der Waals surface area contributed by atoms with Gasteiger partial charge in [-0.15, -0.1) is 0 Å². The van der Waals surface area contributed by atoms with Gasteiger partial charge < -0.3 is 11.1 Å². The highest BCUT2D eigenvalue weighted by molar-refractivity contribution is 9.10. The minimum Gasteiger partial charge on any atom is -0.366 e. The molecule has 0 spiro atoms. The van der Waals surface area contributed by atoms with E-state index in [0.29, 0.717) is 5.69 Å². The Morgan fingerprint density at radius 1 is 1.16 bits per heavy atom. The summed E-state index contributed by atoms with van der Waals surface area (Å²) in [5.74, 6) is -0.917. The van der Waals surface area contributed by atoms with Gasteiger partial charge in [-0.1, -0.05) is 71.3 Å². The van der Waals surface area contributed by atoms with Crippen molar-refractivity contribution in [1.82, 2.24) is 0 Å². The van der Waals surface area contributed by atoms with E-state index in [1.54, 1.807) is 18.2 Å². The smallest absolute Gasteiger partial charge is 0.250 e. The van der Waals surface area contributed by atoms with E-state index in [1.807, 2.05) is 25.2 Å². The van der Waals surface area contributed by atoms with Gasteiger partial charge in [0.1, 0.15) is 0 Å². The monoisotopic (exact) mass is 496 g/mol. The zero-order valence-electron chi connectivity index (χ0n) is 19.6. The summed E-state index contributed by atoms with van der Waals surface area (Å²) in [4.78, 5) is 23.9. The third-order valence-electron chi connectivity index (χ3n) is 5.64. The first-order valence-electron chi connectivity index (χ1n) is 10.8. The maximum atomic E-state index is 12.4. The largest absolute Gasteiger partial charge is 0.366 e. The van der Waals surface area contributed by atoms with Crippen LogP contribution in [0.1, 0.15) is 64.2 Å². The molecule has 2 amide bonds. The van der Waals surface area contributed by atoms with E-state index in [-0.39, 0.29) is 16.9 Å². The van der Waals surface area contributed by atoms with Crippen LogP contribution < -0.4 is 11.1 Å². The highest BCUT2D eigenvalue weighted by Crippen LogP contribution is 2.40. The standard InChI is InChI=1S/C27H33BrN2O2/c1-18(11-14-23-20(3)10-7-15-27(23,4)5)8-6-9-19(2)16-25(31)30-24-17-21(28)12-13-22(24)26(29)32/h6,8-9,11-14,16-17H,7,10,15H2,1-5H3,(H2,29,32)(H,30,31). The number of amides is 2. The van der Waals surface area contributed by atoms with Crippen LogP contribution in [0.15, 0.2) is 81.4 Å². The van der Waals surface area contributed by atoms with E-state index in [1.165, 1.54) is 36.5 Å². The molecule has 0 radical (unpaired) electrons. The van der Waals surface area contributed by atoms with Crippen LogP contribution in [-0.4, -0.2) is 11.8 Å². The van der Waals surface area contributed by atoms with Gasteiger partial charge in [-0.25, -0.2) is 0 Å². The van der Waals surface area contributed by atoms with Crippen molar-refractivity contribution >= 4 is 33.4 Å². The lowest BCUT2D eigenvalue weighted by molar-refractivity contribution is -0.111. The SMILES string of the molecule is CC(C=CC1=C(C)CCCC1(C)C)=CC=CC(C)=CC(=O)Nc1cc(Br)ccc1C(N)=O. The first-order valence-corrected chi connectivity index (χ1v) is 11.6. The van der Waals surface area contributed by atoms with Gasteiger partial charge in [0, 0.05) is 10.5 Å². The predicted molar refractivity (Wildman–Crippen MR) is 137 cm³/mol. The number of hydrogen-bond donors (Lipinski definition) is 2. The fraction of sp³-hybridized carbons (Fsp3) is 0.333. The molecule has 0 heterocycles. The molecule has 1 aromatic rings. The molecule has 0 saturated heterocycles. The summed E-state index contributed by atoms with van der Waals surface area (Å²) in [5.41, 5.74) is 11.1. The van der Waals surface area contributed by atoms with E-state index in [2.05, 4.69) is 61.1 Å². The Morgan fingerprint density at radius 3 is 2.53 bits per heavy atom. The number of nitrogens with one attached hydrogen (secondary N) is 1. The van der Waals surface area contributed by atoms with Gasteiger partial charge in [0.05, 0.1) is 11.3 Å². The van der Waals surface area contributed by atoms with Crippen LogP contribution in [0.3, 0.4) is 0 Å². The number of carbonyl (C=O) groups is 2. The molecule has 1 aliphatic carbocycles. The van der Waals surface area contributed by atoms with E-state index in [4.69, 9.17) is 5.73 Å². The van der Waals surface area contributed by atoms with Gasteiger partial charge in [-0.2, -0.15) is 0 Å². The van der Waals surface area contributed by atoms with Crippen molar-refractivity contribution in [2.45, 2.75) is 53.9 Å². The second kappa shape index (κ2) is 11.3. The van der Waals surface area contributed by atoms with E-state index >= 15 is 0 Å². The van der Waals surface area contributed by atoms with Gasteiger partial charge in [0.2, 0.25) is 5.91 Å². The number of anilines is 1. The molecule has 1 aliphatic rings. The van der Waals surface area contributed by atoms with Crippen molar-refractivity contribution in [1.29, 1.82) is 0 Å². The summed E-state index contributed by atoms with van der Waals surface area (Å²) in [5, 5.41) is 2.72. The van der Waals surface area contributed by atoms with Crippen LogP contribution in [0.4, 0.5) is 5.69 Å². The molecule has 0 saturated carbocycles. The lowest BCUT2D eigenvalue weighted by Gasteiger charge is -2.32. The Bertz CT molecular complexity index is 1040. The maximum absolute atomic E-state index is 12.4. The molecular weight excluding hydrogens is 464 g/mol. The highest BCUT2D eigenvalue weighted by Gasteiger charge is 2.26. The summed E-state index contributed by atoms with van der Waals surface area (Å²) in [6, 6.07) is 4.93. The van der Waals surface area contributed by atoms with Crippen LogP contribution in [-0.2, 0) is 4.79 Å². The molecule has 170 valence electrons. The maximum Gasteiger partial charge on any atom is 0.250 e. The lowest BCUT2D eigenvalue weighted by Crippen LogP contribution is -2.19. The quantitative estimate of drug-likeness (QED) is 0.314. The fourth-order valence-corrected chi connectivity index (χ4v) is 4.25. The van der Waals surface area contributed by atoms with Crippen LogP contribution in [0.2, 0.25) is 0 Å². The van der Waals surface area contributed by atoms with E-state index < -0.39 is 5.91 Å². The molecule has 1 aromatic carbocycles. The first kappa shape index (κ1) is 25.6. The molecule has 0 aromatic heterocycles. The number of benzene rings is 1. The van der Waals surface area contributed by atoms with Crippen molar-refractivity contribution in [3.05, 3.63) is 87.0 Å². The van der Waals surface area contributed by atoms with Gasteiger partial charge >= 0.3 is 0 Å². The molecule has 0 fully saturated rings. The number of rotatable bonds is 7. The molecular formula is C27H33BrN2O2. The minimum atomic E-state index is -0.593. The third-order valence-corrected chi connectivity index (χ3v) is 6.13. The molecule has 5 heteroatoms. The Balaban J connectivity index is 2.04. The second-order valence-electron chi connectivity index (χ2n) is 8.97. The average molecular weight is 497 g/mol. The summed E-state index contributed by atoms with van der Waals surface area (Å²) in [6.07, 6.45) is 15.4. The van der Waals surface area contributed by atoms with Gasteiger partial charge in [-0.3, -0.25) is 9.59 Å². The van der Waals surface area contributed by atoms with Crippen LogP contribution in [0.25, 0.3) is 0 Å². The van der Waals surface area contributed by atoms with Crippen LogP contribution in [0.5, 0.6) is 0 Å². The molecule has 3 N–H and O–H groups in total. The highest BCUT2D eigenvalue weighted by atomic mass is 79.9. The average Bonchev–Trinajstić information content (AvgIpc) is 2.66. The molecule has 0 atom stereocenters. The topological polar surface area (TPSA) is 72.2 Å². The second-order valence-corrected chi connectivity index (χ2v) is 9.88. The Kier molecular flexibility index (Phi) is 9.02. The summed E-state index contributed by atoms with van der Waals surface area (Å²) >= 11 is 3.34. The zero-order valence-corrected chi connectivity index (χ0v) is 21.2. The molecule has 32 heavy (non-hydrogen) atoms. The molecule has 2 rings (SSSR count). The summed E-state index contributed by atoms with van der Waals surface area (Å²) in [7, 11) is 0. The number of halogens is 1. The van der Waals surface area contributed by atoms with Crippen LogP contribution in [0, 0.1) is 5.41 Å². The first-order chi connectivity index (χ1) is 15.0. The number of allylic oxidation sites excluding steroid dienone is 9. The molecule has 0 bridgehead atoms. The van der Waals surface area contributed by atoms with Crippen molar-refractivity contribution in [2.75, 3.05) is 5.32 Å². The van der Waals surface area contributed by atoms with Crippen molar-refractivity contribution in [3.63, 3.8) is 0 Å². The fourth-order valence-electron chi connectivity index (χ4n) is 3.89. The summed E-state index contributed by atoms with van der Waals surface area (Å²) in [6.45, 7) is 10.8. The lowest BCUT2D eigenvalue weighted by atomic mass is 9.72. The molecule has 4 nitrogen and oxygen atoms in total.